The van der Waals surface area contributed by atoms with E-state index in [1.165, 1.54) is 6.42 Å². The van der Waals surface area contributed by atoms with Crippen LogP contribution in [0.5, 0.6) is 0 Å². The molecule has 0 spiro atoms. The predicted octanol–water partition coefficient (Wildman–Crippen LogP) is 1.71. The molecule has 0 aromatic rings. The van der Waals surface area contributed by atoms with Gasteiger partial charge in [-0.1, -0.05) is 0 Å². The molecule has 3 aliphatic rings. The van der Waals surface area contributed by atoms with E-state index in [1.54, 1.807) is 0 Å². The molecule has 2 nitrogen and oxygen atoms in total. The second-order valence-electron chi connectivity index (χ2n) is 5.01. The molecule has 0 radical (unpaired) electrons. The molecule has 0 aromatic carbocycles. The van der Waals surface area contributed by atoms with Gasteiger partial charge in [-0.05, 0) is 46.0 Å². The largest absolute Gasteiger partial charge is 0.390 e. The molecule has 12 heavy (non-hydrogen) atoms. The zero-order chi connectivity index (χ0) is 8.98. The third kappa shape index (κ3) is 1.01. The second kappa shape index (κ2) is 2.24. The fourth-order valence-electron chi connectivity index (χ4n) is 2.70. The van der Waals surface area contributed by atoms with Gasteiger partial charge in [0.05, 0.1) is 17.3 Å². The maximum Gasteiger partial charge on any atom is 0.0919 e. The number of hydrogen-bond acceptors (Lipinski definition) is 2. The molecule has 2 saturated heterocycles. The van der Waals surface area contributed by atoms with Crippen molar-refractivity contribution in [3.05, 3.63) is 0 Å². The van der Waals surface area contributed by atoms with Crippen LogP contribution < -0.4 is 0 Å². The van der Waals surface area contributed by atoms with E-state index in [0.717, 1.165) is 12.8 Å². The number of ether oxygens (including phenoxy) is 1. The summed E-state index contributed by atoms with van der Waals surface area (Å²) in [6, 6.07) is 0. The van der Waals surface area contributed by atoms with Crippen LogP contribution in [0.4, 0.5) is 0 Å². The van der Waals surface area contributed by atoms with Crippen LogP contribution in [0.1, 0.15) is 40.0 Å². The van der Waals surface area contributed by atoms with Crippen molar-refractivity contribution in [1.29, 1.82) is 0 Å². The molecular weight excluding hydrogens is 152 g/mol. The Bertz CT molecular complexity index is 200. The van der Waals surface area contributed by atoms with Crippen molar-refractivity contribution in [3.8, 4) is 0 Å². The maximum absolute atomic E-state index is 9.77. The van der Waals surface area contributed by atoms with Crippen molar-refractivity contribution in [3.63, 3.8) is 0 Å². The van der Waals surface area contributed by atoms with Gasteiger partial charge >= 0.3 is 0 Å². The maximum atomic E-state index is 9.77. The Balaban J connectivity index is 2.26. The minimum atomic E-state index is -0.266. The first kappa shape index (κ1) is 8.52. The summed E-state index contributed by atoms with van der Waals surface area (Å²) in [4.78, 5) is 0. The second-order valence-corrected chi connectivity index (χ2v) is 5.01. The van der Waals surface area contributed by atoms with E-state index in [9.17, 15) is 5.11 Å². The first-order valence-electron chi connectivity index (χ1n) is 4.82. The van der Waals surface area contributed by atoms with Crippen LogP contribution in [-0.4, -0.2) is 22.4 Å². The Morgan fingerprint density at radius 2 is 2.00 bits per heavy atom. The number of aliphatic hydroxyl groups is 1. The van der Waals surface area contributed by atoms with Gasteiger partial charge in [-0.2, -0.15) is 0 Å². The van der Waals surface area contributed by atoms with Gasteiger partial charge in [0.1, 0.15) is 0 Å². The molecule has 1 aliphatic carbocycles. The SMILES string of the molecule is CC1(C)OC2(C)CCC1C[C@@H]2O. The third-order valence-corrected chi connectivity index (χ3v) is 3.68. The lowest BCUT2D eigenvalue weighted by Crippen LogP contribution is -2.61. The fraction of sp³-hybridized carbons (Fsp3) is 1.00. The van der Waals surface area contributed by atoms with E-state index < -0.39 is 0 Å². The molecule has 2 heteroatoms. The van der Waals surface area contributed by atoms with Gasteiger partial charge in [0.2, 0.25) is 0 Å². The Hall–Kier alpha value is -0.0800. The Morgan fingerprint density at radius 1 is 1.33 bits per heavy atom. The highest BCUT2D eigenvalue weighted by atomic mass is 16.5. The highest BCUT2D eigenvalue weighted by Gasteiger charge is 2.53. The normalized spacial score (nSPS) is 51.0. The van der Waals surface area contributed by atoms with Crippen molar-refractivity contribution in [1.82, 2.24) is 0 Å². The van der Waals surface area contributed by atoms with Crippen LogP contribution in [0, 0.1) is 5.92 Å². The van der Waals surface area contributed by atoms with E-state index in [0.29, 0.717) is 5.92 Å². The molecule has 0 amide bonds. The number of hydrogen-bond donors (Lipinski definition) is 1. The van der Waals surface area contributed by atoms with Crippen LogP contribution in [0.3, 0.4) is 0 Å². The van der Waals surface area contributed by atoms with E-state index in [2.05, 4.69) is 13.8 Å². The van der Waals surface area contributed by atoms with Crippen LogP contribution in [0.25, 0.3) is 0 Å². The van der Waals surface area contributed by atoms with Crippen molar-refractivity contribution < 1.29 is 9.84 Å². The molecule has 1 saturated carbocycles. The molecule has 3 fully saturated rings. The van der Waals surface area contributed by atoms with Gasteiger partial charge in [0.15, 0.2) is 0 Å². The first-order chi connectivity index (χ1) is 5.44. The molecule has 0 aromatic heterocycles. The highest BCUT2D eigenvalue weighted by Crippen LogP contribution is 2.49. The summed E-state index contributed by atoms with van der Waals surface area (Å²) in [6.45, 7) is 6.32. The van der Waals surface area contributed by atoms with E-state index in [-0.39, 0.29) is 17.3 Å². The molecule has 2 heterocycles. The summed E-state index contributed by atoms with van der Waals surface area (Å²) in [5.74, 6) is 0.550. The number of fused-ring (bicyclic) bond motifs is 3. The lowest BCUT2D eigenvalue weighted by Gasteiger charge is -2.56. The molecule has 1 N–H and O–H groups in total. The molecule has 2 unspecified atom stereocenters. The monoisotopic (exact) mass is 170 g/mol. The first-order valence-corrected chi connectivity index (χ1v) is 4.82. The minimum absolute atomic E-state index is 0.0216. The van der Waals surface area contributed by atoms with Gasteiger partial charge < -0.3 is 9.84 Å². The summed E-state index contributed by atoms with van der Waals surface area (Å²) in [5.41, 5.74) is -0.287. The van der Waals surface area contributed by atoms with Crippen LogP contribution in [-0.2, 0) is 4.74 Å². The predicted molar refractivity (Wildman–Crippen MR) is 46.9 cm³/mol. The topological polar surface area (TPSA) is 29.5 Å². The van der Waals surface area contributed by atoms with Gasteiger partial charge in [-0.3, -0.25) is 0 Å². The number of aliphatic hydroxyl groups excluding tert-OH is 1. The average molecular weight is 170 g/mol. The number of rotatable bonds is 0. The van der Waals surface area contributed by atoms with Crippen molar-refractivity contribution >= 4 is 0 Å². The van der Waals surface area contributed by atoms with E-state index >= 15 is 0 Å². The summed E-state index contributed by atoms with van der Waals surface area (Å²) >= 11 is 0. The van der Waals surface area contributed by atoms with Crippen LogP contribution in [0.15, 0.2) is 0 Å². The molecule has 3 rings (SSSR count). The van der Waals surface area contributed by atoms with Gasteiger partial charge in [0.25, 0.3) is 0 Å². The van der Waals surface area contributed by atoms with Gasteiger partial charge in [-0.25, -0.2) is 0 Å². The van der Waals surface area contributed by atoms with E-state index in [4.69, 9.17) is 4.74 Å². The van der Waals surface area contributed by atoms with Crippen LogP contribution in [0.2, 0.25) is 0 Å². The zero-order valence-electron chi connectivity index (χ0n) is 8.13. The Kier molecular flexibility index (Phi) is 1.59. The molecule has 70 valence electrons. The summed E-state index contributed by atoms with van der Waals surface area (Å²) in [6.07, 6.45) is 2.90. The smallest absolute Gasteiger partial charge is 0.0919 e. The zero-order valence-corrected chi connectivity index (χ0v) is 8.13. The highest BCUT2D eigenvalue weighted by molar-refractivity contribution is 5.02. The standard InChI is InChI=1S/C10H18O2/c1-9(2)7-4-5-10(3,12-9)8(11)6-7/h7-8,11H,4-6H2,1-3H3/t7?,8-,10?/m0/s1. The minimum Gasteiger partial charge on any atom is -0.390 e. The van der Waals surface area contributed by atoms with Crippen molar-refractivity contribution in [2.75, 3.05) is 0 Å². The van der Waals surface area contributed by atoms with E-state index in [1.807, 2.05) is 6.92 Å². The Morgan fingerprint density at radius 3 is 2.33 bits per heavy atom. The lowest BCUT2D eigenvalue weighted by atomic mass is 9.67. The molecule has 3 atom stereocenters. The van der Waals surface area contributed by atoms with Gasteiger partial charge in [0, 0.05) is 0 Å². The quantitative estimate of drug-likeness (QED) is 0.599. The van der Waals surface area contributed by atoms with Crippen molar-refractivity contribution in [2.45, 2.75) is 57.3 Å². The van der Waals surface area contributed by atoms with Crippen molar-refractivity contribution in [2.24, 2.45) is 5.92 Å². The molecule has 2 aliphatic heterocycles. The fourth-order valence-corrected chi connectivity index (χ4v) is 2.70. The van der Waals surface area contributed by atoms with Crippen LogP contribution >= 0.6 is 0 Å². The lowest BCUT2D eigenvalue weighted by molar-refractivity contribution is -0.273. The van der Waals surface area contributed by atoms with Gasteiger partial charge in [-0.15, -0.1) is 0 Å². The average Bonchev–Trinajstić information content (AvgIpc) is 1.91. The summed E-state index contributed by atoms with van der Waals surface area (Å²) < 4.78 is 5.92. The summed E-state index contributed by atoms with van der Waals surface area (Å²) in [7, 11) is 0. The Labute approximate surface area is 73.9 Å². The third-order valence-electron chi connectivity index (χ3n) is 3.68. The molecule has 2 bridgehead atoms. The molecular formula is C10H18O2. The summed E-state index contributed by atoms with van der Waals surface area (Å²) in [5, 5.41) is 9.77.